The Morgan fingerprint density at radius 3 is 2.34 bits per heavy atom. The van der Waals surface area contributed by atoms with Crippen LogP contribution in [-0.4, -0.2) is 97.4 Å². The van der Waals surface area contributed by atoms with Crippen molar-refractivity contribution in [2.24, 2.45) is 23.2 Å². The fraction of sp³-hybridized carbons (Fsp3) is 0.595. The highest BCUT2D eigenvalue weighted by Crippen LogP contribution is 2.38. The van der Waals surface area contributed by atoms with E-state index in [2.05, 4.69) is 41.3 Å². The van der Waals surface area contributed by atoms with Crippen LogP contribution in [0.25, 0.3) is 11.8 Å². The zero-order valence-electron chi connectivity index (χ0n) is 36.3. The summed E-state index contributed by atoms with van der Waals surface area (Å²) in [5.41, 5.74) is 1.07. The van der Waals surface area contributed by atoms with Crippen molar-refractivity contribution in [1.82, 2.24) is 25.2 Å². The molecule has 1 aromatic carbocycles. The normalized spacial score (nSPS) is 18.9. The summed E-state index contributed by atoms with van der Waals surface area (Å²) in [6.07, 6.45) is 1.05. The zero-order chi connectivity index (χ0) is 43.7. The first-order valence-electron chi connectivity index (χ1n) is 20.3. The van der Waals surface area contributed by atoms with Crippen LogP contribution in [0.15, 0.2) is 58.1 Å². The van der Waals surface area contributed by atoms with E-state index in [1.165, 1.54) is 23.1 Å². The van der Waals surface area contributed by atoms with Gasteiger partial charge in [0.2, 0.25) is 9.84 Å². The Morgan fingerprint density at radius 2 is 1.75 bits per heavy atom. The molecule has 0 spiro atoms. The van der Waals surface area contributed by atoms with Gasteiger partial charge in [-0.15, -0.1) is 11.3 Å². The molecule has 324 valence electrons. The fourth-order valence-corrected chi connectivity index (χ4v) is 12.8. The maximum Gasteiger partial charge on any atom is 0.337 e. The number of rotatable bonds is 22. The van der Waals surface area contributed by atoms with Crippen molar-refractivity contribution in [2.45, 2.75) is 124 Å². The number of carbonyl (C=O) groups is 3. The highest BCUT2D eigenvalue weighted by Gasteiger charge is 2.50. The maximum absolute atomic E-state index is 14.9. The Morgan fingerprint density at radius 1 is 1.08 bits per heavy atom. The van der Waals surface area contributed by atoms with Crippen LogP contribution in [0.3, 0.4) is 0 Å². The van der Waals surface area contributed by atoms with Gasteiger partial charge in [0.25, 0.3) is 5.16 Å². The van der Waals surface area contributed by atoms with E-state index in [1.807, 2.05) is 44.4 Å². The molecule has 1 aliphatic carbocycles. The van der Waals surface area contributed by atoms with E-state index in [4.69, 9.17) is 18.6 Å². The van der Waals surface area contributed by atoms with Crippen molar-refractivity contribution in [1.29, 1.82) is 0 Å². The molecule has 3 aromatic rings. The van der Waals surface area contributed by atoms with Crippen molar-refractivity contribution in [3.63, 3.8) is 0 Å². The molecule has 0 fully saturated rings. The largest absolute Gasteiger partial charge is 0.451 e. The van der Waals surface area contributed by atoms with Crippen LogP contribution in [0, 0.1) is 30.1 Å². The summed E-state index contributed by atoms with van der Waals surface area (Å²) in [4.78, 5) is 47.4. The summed E-state index contributed by atoms with van der Waals surface area (Å²) in [6, 6.07) is 11.2. The van der Waals surface area contributed by atoms with Gasteiger partial charge < -0.3 is 18.6 Å². The summed E-state index contributed by atoms with van der Waals surface area (Å²) >= 11 is 1.52. The van der Waals surface area contributed by atoms with E-state index in [9.17, 15) is 22.8 Å². The third kappa shape index (κ3) is 11.3. The van der Waals surface area contributed by atoms with Gasteiger partial charge in [-0.2, -0.15) is 4.68 Å². The summed E-state index contributed by atoms with van der Waals surface area (Å²) in [5, 5.41) is 14.0. The van der Waals surface area contributed by atoms with Crippen molar-refractivity contribution in [3.8, 4) is 5.69 Å². The number of esters is 1. The lowest BCUT2D eigenvalue weighted by Crippen LogP contribution is -2.53. The van der Waals surface area contributed by atoms with Gasteiger partial charge in [-0.25, -0.2) is 18.2 Å². The van der Waals surface area contributed by atoms with Crippen LogP contribution in [0.1, 0.15) is 85.9 Å². The van der Waals surface area contributed by atoms with Gasteiger partial charge >= 0.3 is 5.97 Å². The van der Waals surface area contributed by atoms with Gasteiger partial charge in [-0.3, -0.25) is 9.59 Å². The molecule has 0 saturated carbocycles. The lowest BCUT2D eigenvalue weighted by Gasteiger charge is -2.41. The number of aromatic nitrogens is 5. The number of ether oxygens (including phenoxy) is 3. The predicted molar refractivity (Wildman–Crippen MR) is 229 cm³/mol. The van der Waals surface area contributed by atoms with E-state index in [1.54, 1.807) is 52.0 Å². The van der Waals surface area contributed by atoms with E-state index >= 15 is 0 Å². The second-order valence-electron chi connectivity index (χ2n) is 16.1. The summed E-state index contributed by atoms with van der Waals surface area (Å²) < 4.78 is 53.1. The smallest absolute Gasteiger partial charge is 0.337 e. The number of methoxy groups -OCH3 is 1. The topological polar surface area (TPSA) is 179 Å². The van der Waals surface area contributed by atoms with Gasteiger partial charge in [0, 0.05) is 24.3 Å². The second-order valence-corrected chi connectivity index (χ2v) is 23.9. The first-order chi connectivity index (χ1) is 27.9. The average molecular weight is 872 g/mol. The van der Waals surface area contributed by atoms with E-state index < -0.39 is 65.6 Å². The van der Waals surface area contributed by atoms with Gasteiger partial charge in [0.05, 0.1) is 33.7 Å². The number of hydrogen-bond donors (Lipinski definition) is 0. The SMILES string of the molecule is CC[Si](CC)(CC)O[C@@H]([C@@H](C)CCS(=O)(=O)c1nnnn1-c1ccccc1)[C@@H](C)C(=O)C(C)(C)[C@@H](OCOC)C(=O)O[C@@H]1C(=O)C(C)=CC[C@H]1/C(C)=C/c1csc(C)n1. The minimum Gasteiger partial charge on any atom is -0.451 e. The number of aryl methyl sites for hydroxylation is 1. The molecule has 14 nitrogen and oxygen atoms in total. The van der Waals surface area contributed by atoms with Crippen molar-refractivity contribution in [3.05, 3.63) is 63.6 Å². The molecule has 1 aliphatic rings. The van der Waals surface area contributed by atoms with Gasteiger partial charge in [0.1, 0.15) is 12.6 Å². The lowest BCUT2D eigenvalue weighted by molar-refractivity contribution is -0.188. The number of para-hydroxylation sites is 1. The molecule has 0 amide bonds. The zero-order valence-corrected chi connectivity index (χ0v) is 38.9. The third-order valence-electron chi connectivity index (χ3n) is 11.7. The van der Waals surface area contributed by atoms with Gasteiger partial charge in [-0.05, 0) is 106 Å². The van der Waals surface area contributed by atoms with Crippen molar-refractivity contribution >= 4 is 53.1 Å². The summed E-state index contributed by atoms with van der Waals surface area (Å²) in [7, 11) is -4.96. The number of carbonyl (C=O) groups excluding carboxylic acids is 3. The fourth-order valence-electron chi connectivity index (χ4n) is 7.74. The average Bonchev–Trinajstić information content (AvgIpc) is 3.89. The number of tetrazole rings is 1. The summed E-state index contributed by atoms with van der Waals surface area (Å²) in [6.45, 7) is 18.3. The van der Waals surface area contributed by atoms with E-state index in [0.717, 1.165) is 34.4 Å². The Bertz CT molecular complexity index is 2070. The van der Waals surface area contributed by atoms with Gasteiger partial charge in [-0.1, -0.05) is 69.6 Å². The molecular weight excluding hydrogens is 811 g/mol. The van der Waals surface area contributed by atoms with Crippen LogP contribution in [0.5, 0.6) is 0 Å². The molecule has 0 N–H and O–H groups in total. The standard InChI is InChI=1S/C42H61N5O9S2Si/c1-12-59(13-2,14-3)56-36(28(5)22-23-58(51,52)41-44-45-46-47(41)33-18-16-15-17-19-33)30(7)38(49)42(9,10)39(54-26-53-11)40(50)55-37-34(21-20-27(4)35(37)48)29(6)24-32-25-57-31(8)43-32/h15-20,24-25,28,30,34,36-37,39H,12-14,21-23,26H2,1-11H3/b29-24+/t28-,30+,34-,36-,37-,39-/m0/s1. The number of sulfone groups is 1. The number of nitrogens with zero attached hydrogens (tertiary/aromatic N) is 5. The molecule has 2 aromatic heterocycles. The van der Waals surface area contributed by atoms with E-state index in [0.29, 0.717) is 17.7 Å². The Hall–Kier alpha value is -3.74. The van der Waals surface area contributed by atoms with Crippen LogP contribution >= 0.6 is 11.3 Å². The second kappa shape index (κ2) is 20.7. The number of allylic oxidation sites excluding steroid dienone is 1. The quantitative estimate of drug-likeness (QED) is 0.0555. The lowest BCUT2D eigenvalue weighted by atomic mass is 9.73. The number of hydrogen-bond acceptors (Lipinski definition) is 14. The molecule has 59 heavy (non-hydrogen) atoms. The molecule has 0 saturated heterocycles. The Labute approximate surface area is 354 Å². The number of thiazole rings is 1. The van der Waals surface area contributed by atoms with Gasteiger partial charge in [0.15, 0.2) is 26.3 Å². The highest BCUT2D eigenvalue weighted by molar-refractivity contribution is 7.91. The van der Waals surface area contributed by atoms with Crippen LogP contribution in [0.2, 0.25) is 18.1 Å². The predicted octanol–water partition coefficient (Wildman–Crippen LogP) is 7.39. The Balaban J connectivity index is 1.63. The van der Waals surface area contributed by atoms with Crippen LogP contribution in [0.4, 0.5) is 0 Å². The molecule has 0 radical (unpaired) electrons. The van der Waals surface area contributed by atoms with Crippen molar-refractivity contribution < 1.29 is 41.4 Å². The molecule has 0 aliphatic heterocycles. The minimum absolute atomic E-state index is 0.144. The number of ketones is 2. The molecule has 2 heterocycles. The first kappa shape index (κ1) is 47.9. The number of benzene rings is 1. The molecule has 0 unspecified atom stereocenters. The summed E-state index contributed by atoms with van der Waals surface area (Å²) in [5.74, 6) is -3.51. The first-order valence-corrected chi connectivity index (χ1v) is 25.3. The molecule has 17 heteroatoms. The van der Waals surface area contributed by atoms with E-state index in [-0.39, 0.29) is 35.7 Å². The maximum atomic E-state index is 14.9. The molecular formula is C42H61N5O9S2Si. The monoisotopic (exact) mass is 871 g/mol. The minimum atomic E-state index is -3.98. The molecule has 0 bridgehead atoms. The Kier molecular flexibility index (Phi) is 16.8. The molecule has 6 atom stereocenters. The number of Topliss-reactive ketones (excluding diaryl/α,β-unsaturated/α-hetero) is 2. The molecule has 4 rings (SSSR count). The van der Waals surface area contributed by atoms with Crippen LogP contribution in [-0.2, 0) is 42.9 Å². The third-order valence-corrected chi connectivity index (χ3v) is 18.8. The van der Waals surface area contributed by atoms with Crippen molar-refractivity contribution in [2.75, 3.05) is 19.7 Å². The van der Waals surface area contributed by atoms with Crippen LogP contribution < -0.4 is 0 Å². The highest BCUT2D eigenvalue weighted by atomic mass is 32.2.